The fourth-order valence-corrected chi connectivity index (χ4v) is 2.22. The zero-order chi connectivity index (χ0) is 13.5. The number of nitrogens with one attached hydrogen (secondary N) is 1. The molecule has 0 heterocycles. The minimum Gasteiger partial charge on any atom is -0.374 e. The third-order valence-electron chi connectivity index (χ3n) is 3.24. The molecule has 0 bridgehead atoms. The molecule has 2 nitrogen and oxygen atoms in total. The largest absolute Gasteiger partial charge is 0.374 e. The van der Waals surface area contributed by atoms with E-state index in [4.69, 9.17) is 0 Å². The molecule has 1 rings (SSSR count). The summed E-state index contributed by atoms with van der Waals surface area (Å²) in [7, 11) is 2.19. The van der Waals surface area contributed by atoms with Gasteiger partial charge >= 0.3 is 0 Å². The highest BCUT2D eigenvalue weighted by Crippen LogP contribution is 2.20. The van der Waals surface area contributed by atoms with Crippen LogP contribution in [0.15, 0.2) is 18.2 Å². The molecule has 2 heteroatoms. The van der Waals surface area contributed by atoms with Crippen LogP contribution in [0, 0.1) is 13.8 Å². The number of benzene rings is 1. The molecule has 0 aromatic heterocycles. The monoisotopic (exact) mass is 248 g/mol. The number of hydrogen-bond acceptors (Lipinski definition) is 2. The summed E-state index contributed by atoms with van der Waals surface area (Å²) in [6.07, 6.45) is 2.48. The third-order valence-corrected chi connectivity index (χ3v) is 3.24. The highest BCUT2D eigenvalue weighted by Gasteiger charge is 2.04. The van der Waals surface area contributed by atoms with E-state index >= 15 is 0 Å². The number of anilines is 1. The van der Waals surface area contributed by atoms with Crippen LogP contribution in [0.5, 0.6) is 0 Å². The van der Waals surface area contributed by atoms with E-state index in [0.717, 1.165) is 13.1 Å². The second kappa shape index (κ2) is 7.42. The lowest BCUT2D eigenvalue weighted by atomic mass is 10.1. The summed E-state index contributed by atoms with van der Waals surface area (Å²) in [6.45, 7) is 11.0. The van der Waals surface area contributed by atoms with Gasteiger partial charge in [0.1, 0.15) is 0 Å². The van der Waals surface area contributed by atoms with E-state index in [1.54, 1.807) is 0 Å². The Hall–Kier alpha value is -1.02. The van der Waals surface area contributed by atoms with Crippen molar-refractivity contribution in [3.63, 3.8) is 0 Å². The average Bonchev–Trinajstić information content (AvgIpc) is 2.27. The maximum Gasteiger partial charge on any atom is 0.0393 e. The zero-order valence-electron chi connectivity index (χ0n) is 12.6. The molecule has 102 valence electrons. The molecule has 18 heavy (non-hydrogen) atoms. The lowest BCUT2D eigenvalue weighted by Crippen LogP contribution is -2.25. The summed E-state index contributed by atoms with van der Waals surface area (Å²) in [5.74, 6) is 0. The maximum absolute atomic E-state index is 3.46. The molecule has 0 spiro atoms. The molecular formula is C16H28N2. The standard InChI is InChI=1S/C16H28N2/c1-13(2)17-10-6-7-11-18(5)16-9-8-14(3)12-15(16)4/h8-9,12-13,17H,6-7,10-11H2,1-5H3. The number of unbranched alkanes of at least 4 members (excludes halogenated alkanes) is 1. The average molecular weight is 248 g/mol. The van der Waals surface area contributed by atoms with Crippen LogP contribution in [0.4, 0.5) is 5.69 Å². The Bertz CT molecular complexity index is 358. The first-order valence-electron chi connectivity index (χ1n) is 7.02. The van der Waals surface area contributed by atoms with Crippen LogP contribution in [0.3, 0.4) is 0 Å². The van der Waals surface area contributed by atoms with Gasteiger partial charge in [0, 0.05) is 25.3 Å². The van der Waals surface area contributed by atoms with Gasteiger partial charge in [0.25, 0.3) is 0 Å². The molecule has 1 aromatic rings. The Kier molecular flexibility index (Phi) is 6.20. The first-order chi connectivity index (χ1) is 8.50. The number of rotatable bonds is 7. The van der Waals surface area contributed by atoms with E-state index < -0.39 is 0 Å². The normalized spacial score (nSPS) is 11.0. The number of nitrogens with zero attached hydrogens (tertiary/aromatic N) is 1. The zero-order valence-corrected chi connectivity index (χ0v) is 12.6. The van der Waals surface area contributed by atoms with E-state index in [1.807, 2.05) is 0 Å². The van der Waals surface area contributed by atoms with Crippen LogP contribution in [0.1, 0.15) is 37.8 Å². The van der Waals surface area contributed by atoms with Gasteiger partial charge in [0.2, 0.25) is 0 Å². The van der Waals surface area contributed by atoms with Gasteiger partial charge in [-0.3, -0.25) is 0 Å². The Morgan fingerprint density at radius 2 is 1.89 bits per heavy atom. The van der Waals surface area contributed by atoms with Crippen LogP contribution in [-0.4, -0.2) is 26.2 Å². The maximum atomic E-state index is 3.46. The molecule has 1 aromatic carbocycles. The lowest BCUT2D eigenvalue weighted by Gasteiger charge is -2.22. The molecular weight excluding hydrogens is 220 g/mol. The molecule has 1 N–H and O–H groups in total. The van der Waals surface area contributed by atoms with E-state index in [-0.39, 0.29) is 0 Å². The van der Waals surface area contributed by atoms with Crippen molar-refractivity contribution in [2.75, 3.05) is 25.0 Å². The highest BCUT2D eigenvalue weighted by atomic mass is 15.1. The van der Waals surface area contributed by atoms with Crippen molar-refractivity contribution in [1.29, 1.82) is 0 Å². The van der Waals surface area contributed by atoms with Gasteiger partial charge < -0.3 is 10.2 Å². The van der Waals surface area contributed by atoms with Gasteiger partial charge in [-0.25, -0.2) is 0 Å². The van der Waals surface area contributed by atoms with Gasteiger partial charge in [-0.05, 0) is 44.9 Å². The number of aryl methyl sites for hydroxylation is 2. The topological polar surface area (TPSA) is 15.3 Å². The Morgan fingerprint density at radius 3 is 2.50 bits per heavy atom. The number of hydrogen-bond donors (Lipinski definition) is 1. The summed E-state index contributed by atoms with van der Waals surface area (Å²) < 4.78 is 0. The van der Waals surface area contributed by atoms with Crippen LogP contribution >= 0.6 is 0 Å². The SMILES string of the molecule is Cc1ccc(N(C)CCCCNC(C)C)c(C)c1. The predicted octanol–water partition coefficient (Wildman–Crippen LogP) is 3.52. The fraction of sp³-hybridized carbons (Fsp3) is 0.625. The lowest BCUT2D eigenvalue weighted by molar-refractivity contribution is 0.557. The molecule has 0 amide bonds. The van der Waals surface area contributed by atoms with E-state index in [9.17, 15) is 0 Å². The summed E-state index contributed by atoms with van der Waals surface area (Å²) in [5, 5.41) is 3.46. The Morgan fingerprint density at radius 1 is 1.17 bits per heavy atom. The molecule has 0 saturated heterocycles. The fourth-order valence-electron chi connectivity index (χ4n) is 2.22. The van der Waals surface area contributed by atoms with Gasteiger partial charge in [-0.15, -0.1) is 0 Å². The Balaban J connectivity index is 2.34. The van der Waals surface area contributed by atoms with Crippen LogP contribution in [0.2, 0.25) is 0 Å². The van der Waals surface area contributed by atoms with Crippen molar-refractivity contribution in [2.45, 2.75) is 46.6 Å². The smallest absolute Gasteiger partial charge is 0.0393 e. The molecule has 0 atom stereocenters. The summed E-state index contributed by atoms with van der Waals surface area (Å²) in [5.41, 5.74) is 4.07. The van der Waals surface area contributed by atoms with Gasteiger partial charge in [0.05, 0.1) is 0 Å². The van der Waals surface area contributed by atoms with Crippen molar-refractivity contribution in [3.05, 3.63) is 29.3 Å². The van der Waals surface area contributed by atoms with Crippen molar-refractivity contribution >= 4 is 5.69 Å². The van der Waals surface area contributed by atoms with Gasteiger partial charge in [-0.2, -0.15) is 0 Å². The highest BCUT2D eigenvalue weighted by molar-refractivity contribution is 5.53. The molecule has 0 unspecified atom stereocenters. The van der Waals surface area contributed by atoms with Crippen LogP contribution < -0.4 is 10.2 Å². The Labute approximate surface area is 112 Å². The minimum absolute atomic E-state index is 0.599. The van der Waals surface area contributed by atoms with Crippen molar-refractivity contribution in [3.8, 4) is 0 Å². The summed E-state index contributed by atoms with van der Waals surface area (Å²) in [4.78, 5) is 2.37. The third kappa shape index (κ3) is 5.09. The molecule has 0 aliphatic rings. The van der Waals surface area contributed by atoms with Crippen LogP contribution in [0.25, 0.3) is 0 Å². The van der Waals surface area contributed by atoms with E-state index in [1.165, 1.54) is 29.7 Å². The van der Waals surface area contributed by atoms with Crippen molar-refractivity contribution in [2.24, 2.45) is 0 Å². The first-order valence-corrected chi connectivity index (χ1v) is 7.02. The molecule has 0 fully saturated rings. The minimum atomic E-state index is 0.599. The van der Waals surface area contributed by atoms with Crippen LogP contribution in [-0.2, 0) is 0 Å². The molecule has 0 aliphatic heterocycles. The van der Waals surface area contributed by atoms with Gasteiger partial charge in [0.15, 0.2) is 0 Å². The van der Waals surface area contributed by atoms with Crippen molar-refractivity contribution < 1.29 is 0 Å². The second-order valence-corrected chi connectivity index (χ2v) is 5.53. The molecule has 0 saturated carbocycles. The molecule has 0 aliphatic carbocycles. The predicted molar refractivity (Wildman–Crippen MR) is 81.6 cm³/mol. The molecule has 0 radical (unpaired) electrons. The first kappa shape index (κ1) is 15.0. The second-order valence-electron chi connectivity index (χ2n) is 5.53. The van der Waals surface area contributed by atoms with E-state index in [2.05, 4.69) is 63.2 Å². The quantitative estimate of drug-likeness (QED) is 0.743. The van der Waals surface area contributed by atoms with Gasteiger partial charge in [-0.1, -0.05) is 31.5 Å². The van der Waals surface area contributed by atoms with Crippen molar-refractivity contribution in [1.82, 2.24) is 5.32 Å². The summed E-state index contributed by atoms with van der Waals surface area (Å²) >= 11 is 0. The summed E-state index contributed by atoms with van der Waals surface area (Å²) in [6, 6.07) is 7.28. The van der Waals surface area contributed by atoms with E-state index in [0.29, 0.717) is 6.04 Å².